The molecular weight excluding hydrogens is 388 g/mol. The number of nitrogens with zero attached hydrogens (tertiary/aromatic N) is 2. The Hall–Kier alpha value is -3.19. The molecule has 0 N–H and O–H groups in total. The minimum atomic E-state index is -0.606. The number of ether oxygens (including phenoxy) is 2. The molecule has 6 nitrogen and oxygen atoms in total. The number of carbonyl (C=O) groups excluding carboxylic acids is 2. The fourth-order valence-corrected chi connectivity index (χ4v) is 3.40. The van der Waals surface area contributed by atoms with Crippen molar-refractivity contribution < 1.29 is 19.1 Å². The number of methoxy groups -OCH3 is 1. The lowest BCUT2D eigenvalue weighted by molar-refractivity contribution is -0.133. The molecule has 7 heteroatoms. The summed E-state index contributed by atoms with van der Waals surface area (Å²) >= 11 is 1.36. The highest BCUT2D eigenvalue weighted by molar-refractivity contribution is 7.13. The van der Waals surface area contributed by atoms with Crippen molar-refractivity contribution >= 4 is 23.2 Å². The normalized spacial score (nSPS) is 10.4. The van der Waals surface area contributed by atoms with Gasteiger partial charge >= 0.3 is 5.97 Å². The van der Waals surface area contributed by atoms with Crippen LogP contribution in [-0.2, 0) is 16.1 Å². The van der Waals surface area contributed by atoms with Crippen LogP contribution in [0, 0.1) is 6.92 Å². The number of benzene rings is 2. The molecule has 0 fully saturated rings. The lowest BCUT2D eigenvalue weighted by Crippen LogP contribution is -2.30. The summed E-state index contributed by atoms with van der Waals surface area (Å²) in [6.45, 7) is 2.09. The van der Waals surface area contributed by atoms with E-state index in [0.717, 1.165) is 27.4 Å². The van der Waals surface area contributed by atoms with Gasteiger partial charge in [-0.1, -0.05) is 42.0 Å². The number of aromatic nitrogens is 1. The Morgan fingerprint density at radius 3 is 2.41 bits per heavy atom. The molecule has 0 radical (unpaired) electrons. The first-order valence-corrected chi connectivity index (χ1v) is 9.91. The van der Waals surface area contributed by atoms with Crippen LogP contribution < -0.4 is 4.74 Å². The van der Waals surface area contributed by atoms with Crippen molar-refractivity contribution in [2.75, 3.05) is 20.8 Å². The van der Waals surface area contributed by atoms with Crippen molar-refractivity contribution in [2.24, 2.45) is 0 Å². The second-order valence-electron chi connectivity index (χ2n) is 6.58. The highest BCUT2D eigenvalue weighted by Crippen LogP contribution is 2.24. The van der Waals surface area contributed by atoms with Crippen LogP contribution >= 0.6 is 11.3 Å². The molecule has 1 aromatic heterocycles. The van der Waals surface area contributed by atoms with Gasteiger partial charge in [0, 0.05) is 24.5 Å². The molecule has 1 amide bonds. The van der Waals surface area contributed by atoms with Gasteiger partial charge in [0.1, 0.15) is 10.8 Å². The standard InChI is InChI=1S/C22H22N2O4S/c1-15-4-8-17(9-5-15)21-23-19(14-29-21)22(26)28-13-20(25)24(2)12-16-6-10-18(27-3)11-7-16/h4-11,14H,12-13H2,1-3H3. The fourth-order valence-electron chi connectivity index (χ4n) is 2.60. The summed E-state index contributed by atoms with van der Waals surface area (Å²) in [6.07, 6.45) is 0. The topological polar surface area (TPSA) is 68.7 Å². The minimum Gasteiger partial charge on any atom is -0.497 e. The highest BCUT2D eigenvalue weighted by Gasteiger charge is 2.17. The van der Waals surface area contributed by atoms with Crippen LogP contribution in [0.1, 0.15) is 21.6 Å². The first-order valence-electron chi connectivity index (χ1n) is 9.03. The van der Waals surface area contributed by atoms with Gasteiger partial charge in [-0.3, -0.25) is 4.79 Å². The van der Waals surface area contributed by atoms with Crippen molar-refractivity contribution in [3.05, 3.63) is 70.7 Å². The van der Waals surface area contributed by atoms with E-state index in [1.54, 1.807) is 19.5 Å². The number of aryl methyl sites for hydroxylation is 1. The van der Waals surface area contributed by atoms with Crippen LogP contribution in [0.2, 0.25) is 0 Å². The first kappa shape index (κ1) is 20.5. The van der Waals surface area contributed by atoms with Gasteiger partial charge in [-0.2, -0.15) is 0 Å². The molecule has 0 unspecified atom stereocenters. The van der Waals surface area contributed by atoms with Gasteiger partial charge < -0.3 is 14.4 Å². The first-order chi connectivity index (χ1) is 14.0. The van der Waals surface area contributed by atoms with Crippen LogP contribution in [0.3, 0.4) is 0 Å². The SMILES string of the molecule is COc1ccc(CN(C)C(=O)COC(=O)c2csc(-c3ccc(C)cc3)n2)cc1. The van der Waals surface area contributed by atoms with Crippen molar-refractivity contribution in [1.82, 2.24) is 9.88 Å². The van der Waals surface area contributed by atoms with Gasteiger partial charge in [0.2, 0.25) is 0 Å². The summed E-state index contributed by atoms with van der Waals surface area (Å²) in [5.74, 6) is -0.140. The van der Waals surface area contributed by atoms with Crippen LogP contribution in [0.25, 0.3) is 10.6 Å². The second kappa shape index (κ2) is 9.34. The van der Waals surface area contributed by atoms with Gasteiger partial charge in [0.05, 0.1) is 7.11 Å². The molecule has 29 heavy (non-hydrogen) atoms. The van der Waals surface area contributed by atoms with Crippen molar-refractivity contribution in [3.8, 4) is 16.3 Å². The Morgan fingerprint density at radius 1 is 1.07 bits per heavy atom. The molecule has 3 aromatic rings. The number of hydrogen-bond donors (Lipinski definition) is 0. The average molecular weight is 410 g/mol. The molecule has 0 spiro atoms. The molecule has 0 aliphatic rings. The lowest BCUT2D eigenvalue weighted by Gasteiger charge is -2.17. The Labute approximate surface area is 173 Å². The molecule has 1 heterocycles. The number of esters is 1. The predicted octanol–water partition coefficient (Wildman–Crippen LogP) is 3.94. The summed E-state index contributed by atoms with van der Waals surface area (Å²) < 4.78 is 10.3. The van der Waals surface area contributed by atoms with Crippen LogP contribution in [-0.4, -0.2) is 42.5 Å². The van der Waals surface area contributed by atoms with E-state index in [4.69, 9.17) is 9.47 Å². The lowest BCUT2D eigenvalue weighted by atomic mass is 10.2. The zero-order chi connectivity index (χ0) is 20.8. The molecule has 3 rings (SSSR count). The maximum atomic E-state index is 12.3. The molecule has 0 bridgehead atoms. The van der Waals surface area contributed by atoms with Crippen molar-refractivity contribution in [1.29, 1.82) is 0 Å². The van der Waals surface area contributed by atoms with Gasteiger partial charge in [0.25, 0.3) is 5.91 Å². The maximum Gasteiger partial charge on any atom is 0.358 e. The fraction of sp³-hybridized carbons (Fsp3) is 0.227. The Morgan fingerprint density at radius 2 is 1.76 bits per heavy atom. The van der Waals surface area contributed by atoms with E-state index in [1.807, 2.05) is 55.5 Å². The van der Waals surface area contributed by atoms with E-state index in [0.29, 0.717) is 6.54 Å². The van der Waals surface area contributed by atoms with E-state index in [9.17, 15) is 9.59 Å². The van der Waals surface area contributed by atoms with Crippen molar-refractivity contribution in [3.63, 3.8) is 0 Å². The third-order valence-electron chi connectivity index (χ3n) is 4.34. The zero-order valence-electron chi connectivity index (χ0n) is 16.5. The quantitative estimate of drug-likeness (QED) is 0.552. The van der Waals surface area contributed by atoms with Gasteiger partial charge in [0.15, 0.2) is 12.3 Å². The molecule has 150 valence electrons. The van der Waals surface area contributed by atoms with E-state index < -0.39 is 5.97 Å². The molecule has 0 aliphatic heterocycles. The third kappa shape index (κ3) is 5.42. The molecule has 0 atom stereocenters. The Bertz CT molecular complexity index is 981. The zero-order valence-corrected chi connectivity index (χ0v) is 17.4. The minimum absolute atomic E-state index is 0.205. The number of hydrogen-bond acceptors (Lipinski definition) is 6. The average Bonchev–Trinajstić information content (AvgIpc) is 3.23. The number of amides is 1. The van der Waals surface area contributed by atoms with E-state index in [-0.39, 0.29) is 18.2 Å². The number of likely N-dealkylation sites (N-methyl/N-ethyl adjacent to an activating group) is 1. The molecule has 0 saturated carbocycles. The molecule has 2 aromatic carbocycles. The molecule has 0 saturated heterocycles. The summed E-state index contributed by atoms with van der Waals surface area (Å²) in [7, 11) is 3.27. The van der Waals surface area contributed by atoms with Crippen molar-refractivity contribution in [2.45, 2.75) is 13.5 Å². The number of rotatable bonds is 7. The van der Waals surface area contributed by atoms with E-state index in [1.165, 1.54) is 16.2 Å². The third-order valence-corrected chi connectivity index (χ3v) is 5.23. The largest absolute Gasteiger partial charge is 0.497 e. The predicted molar refractivity (Wildman–Crippen MR) is 112 cm³/mol. The number of thiazole rings is 1. The Balaban J connectivity index is 1.53. The summed E-state index contributed by atoms with van der Waals surface area (Å²) in [5.41, 5.74) is 3.25. The highest BCUT2D eigenvalue weighted by atomic mass is 32.1. The van der Waals surface area contributed by atoms with Crippen LogP contribution in [0.5, 0.6) is 5.75 Å². The summed E-state index contributed by atoms with van der Waals surface area (Å²) in [4.78, 5) is 30.3. The monoisotopic (exact) mass is 410 g/mol. The maximum absolute atomic E-state index is 12.3. The molecular formula is C22H22N2O4S. The van der Waals surface area contributed by atoms with E-state index in [2.05, 4.69) is 4.98 Å². The van der Waals surface area contributed by atoms with Crippen LogP contribution in [0.15, 0.2) is 53.9 Å². The second-order valence-corrected chi connectivity index (χ2v) is 7.44. The van der Waals surface area contributed by atoms with Gasteiger partial charge in [-0.05, 0) is 24.6 Å². The van der Waals surface area contributed by atoms with Gasteiger partial charge in [-0.25, -0.2) is 9.78 Å². The smallest absolute Gasteiger partial charge is 0.358 e. The number of carbonyl (C=O) groups is 2. The Kier molecular flexibility index (Phi) is 6.61. The van der Waals surface area contributed by atoms with Gasteiger partial charge in [-0.15, -0.1) is 11.3 Å². The summed E-state index contributed by atoms with van der Waals surface area (Å²) in [6, 6.07) is 15.3. The van der Waals surface area contributed by atoms with E-state index >= 15 is 0 Å². The summed E-state index contributed by atoms with van der Waals surface area (Å²) in [5, 5.41) is 2.38. The molecule has 0 aliphatic carbocycles. The van der Waals surface area contributed by atoms with Crippen LogP contribution in [0.4, 0.5) is 0 Å².